The van der Waals surface area contributed by atoms with Gasteiger partial charge in [0.1, 0.15) is 0 Å². The van der Waals surface area contributed by atoms with Crippen molar-refractivity contribution in [2.45, 2.75) is 60.2 Å². The zero-order valence-corrected chi connectivity index (χ0v) is 28.8. The molecule has 246 valence electrons. The normalized spacial score (nSPS) is 25.4. The van der Waals surface area contributed by atoms with Crippen LogP contribution in [0.4, 0.5) is 0 Å². The molecule has 6 heteroatoms. The van der Waals surface area contributed by atoms with Crippen molar-refractivity contribution < 1.29 is 14.2 Å². The number of aliphatic imine (C=N–C) groups is 3. The van der Waals surface area contributed by atoms with Gasteiger partial charge in [-0.1, -0.05) is 110 Å². The van der Waals surface area contributed by atoms with Gasteiger partial charge in [0.05, 0.1) is 19.8 Å². The van der Waals surface area contributed by atoms with E-state index in [4.69, 9.17) is 29.2 Å². The summed E-state index contributed by atoms with van der Waals surface area (Å²) in [5.41, 5.74) is 12.8. The summed E-state index contributed by atoms with van der Waals surface area (Å²) in [6.07, 6.45) is 4.47. The first kappa shape index (κ1) is 32.3. The Labute approximate surface area is 284 Å². The first-order valence-electron chi connectivity index (χ1n) is 17.2. The first-order valence-corrected chi connectivity index (χ1v) is 17.2. The Morgan fingerprint density at radius 1 is 0.417 bits per heavy atom. The average Bonchev–Trinajstić information content (AvgIpc) is 3.10. The molecule has 48 heavy (non-hydrogen) atoms. The fourth-order valence-electron chi connectivity index (χ4n) is 6.78. The van der Waals surface area contributed by atoms with Gasteiger partial charge in [-0.05, 0) is 54.2 Å². The van der Waals surface area contributed by atoms with E-state index in [-0.39, 0.29) is 17.8 Å². The molecule has 0 bridgehead atoms. The summed E-state index contributed by atoms with van der Waals surface area (Å²) in [6.45, 7) is 14.5. The van der Waals surface area contributed by atoms with Crippen molar-refractivity contribution in [1.29, 1.82) is 0 Å². The van der Waals surface area contributed by atoms with E-state index in [1.54, 1.807) is 0 Å². The molecule has 0 spiro atoms. The van der Waals surface area contributed by atoms with Gasteiger partial charge in [0.15, 0.2) is 18.7 Å². The van der Waals surface area contributed by atoms with Gasteiger partial charge in [0, 0.05) is 53.1 Å². The molecule has 0 amide bonds. The average molecular weight is 640 g/mol. The van der Waals surface area contributed by atoms with Crippen molar-refractivity contribution in [3.63, 3.8) is 0 Å². The molecular formula is C42H45N3O3. The van der Waals surface area contributed by atoms with Crippen molar-refractivity contribution in [3.8, 4) is 33.4 Å². The zero-order valence-electron chi connectivity index (χ0n) is 28.8. The van der Waals surface area contributed by atoms with Gasteiger partial charge >= 0.3 is 0 Å². The van der Waals surface area contributed by atoms with Gasteiger partial charge in [0.25, 0.3) is 0 Å². The minimum atomic E-state index is -0.545. The molecule has 4 aromatic carbocycles. The summed E-state index contributed by atoms with van der Waals surface area (Å²) in [5, 5.41) is 0. The monoisotopic (exact) mass is 639 g/mol. The van der Waals surface area contributed by atoms with Gasteiger partial charge in [-0.2, -0.15) is 0 Å². The second kappa shape index (κ2) is 13.7. The predicted octanol–water partition coefficient (Wildman–Crippen LogP) is 9.82. The summed E-state index contributed by atoms with van der Waals surface area (Å²) in [4.78, 5) is 15.3. The minimum absolute atomic E-state index is 0.221. The van der Waals surface area contributed by atoms with Crippen LogP contribution in [0.15, 0.2) is 87.8 Å². The molecule has 0 saturated heterocycles. The van der Waals surface area contributed by atoms with Crippen molar-refractivity contribution in [2.24, 2.45) is 32.7 Å². The van der Waals surface area contributed by atoms with Crippen LogP contribution in [0, 0.1) is 38.5 Å². The molecule has 0 aromatic heterocycles. The van der Waals surface area contributed by atoms with Crippen molar-refractivity contribution in [1.82, 2.24) is 0 Å². The van der Waals surface area contributed by atoms with E-state index >= 15 is 0 Å². The highest BCUT2D eigenvalue weighted by molar-refractivity contribution is 5.94. The maximum Gasteiger partial charge on any atom is 0.174 e. The van der Waals surface area contributed by atoms with E-state index in [1.165, 1.54) is 16.7 Å². The number of ether oxygens (including phenoxy) is 3. The molecule has 0 fully saturated rings. The lowest BCUT2D eigenvalue weighted by Crippen LogP contribution is -2.24. The lowest BCUT2D eigenvalue weighted by atomic mass is 9.77. The van der Waals surface area contributed by atoms with Gasteiger partial charge in [-0.25, -0.2) is 0 Å². The molecule has 6 atom stereocenters. The topological polar surface area (TPSA) is 64.8 Å². The van der Waals surface area contributed by atoms with Gasteiger partial charge < -0.3 is 14.2 Å². The Bertz CT molecular complexity index is 1620. The molecule has 3 aliphatic heterocycles. The third kappa shape index (κ3) is 6.45. The lowest BCUT2D eigenvalue weighted by Gasteiger charge is -2.35. The number of benzene rings is 4. The Balaban J connectivity index is 1.71. The summed E-state index contributed by atoms with van der Waals surface area (Å²) in [6, 6.07) is 26.3. The van der Waals surface area contributed by atoms with E-state index in [9.17, 15) is 0 Å². The standard InChI is InChI=1S/C42H45N3O3/c1-25-7-13-31(14-8-25)34-37(40-43-19-28(4)22-46-40)35(32-15-9-26(2)10-16-32)39(42-45-21-30(6)24-48-42)36(33-17-11-27(3)12-18-33)38(34)41-44-20-29(5)23-47-41/h7-21,28-30,40-42H,22-24H2,1-6H3. The number of nitrogens with zero attached hydrogens (tertiary/aromatic N) is 3. The molecule has 7 rings (SSSR count). The zero-order chi connectivity index (χ0) is 33.4. The quantitative estimate of drug-likeness (QED) is 0.211. The van der Waals surface area contributed by atoms with Crippen molar-refractivity contribution in [3.05, 3.63) is 106 Å². The highest BCUT2D eigenvalue weighted by atomic mass is 16.5. The molecule has 0 radical (unpaired) electrons. The van der Waals surface area contributed by atoms with Crippen LogP contribution in [-0.4, -0.2) is 38.5 Å². The fourth-order valence-corrected chi connectivity index (χ4v) is 6.78. The first-order chi connectivity index (χ1) is 23.3. The van der Waals surface area contributed by atoms with Gasteiger partial charge in [0.2, 0.25) is 0 Å². The largest absolute Gasteiger partial charge is 0.352 e. The molecule has 3 heterocycles. The maximum atomic E-state index is 6.67. The van der Waals surface area contributed by atoms with Gasteiger partial charge in [-0.3, -0.25) is 15.0 Å². The van der Waals surface area contributed by atoms with Crippen LogP contribution < -0.4 is 0 Å². The molecule has 0 saturated carbocycles. The number of aryl methyl sites for hydroxylation is 3. The van der Waals surface area contributed by atoms with Crippen molar-refractivity contribution in [2.75, 3.05) is 19.8 Å². The number of rotatable bonds is 6. The third-order valence-electron chi connectivity index (χ3n) is 9.36. The van der Waals surface area contributed by atoms with Crippen LogP contribution in [-0.2, 0) is 14.2 Å². The predicted molar refractivity (Wildman–Crippen MR) is 196 cm³/mol. The highest BCUT2D eigenvalue weighted by Crippen LogP contribution is 2.54. The lowest BCUT2D eigenvalue weighted by molar-refractivity contribution is 0.0325. The highest BCUT2D eigenvalue weighted by Gasteiger charge is 2.38. The second-order valence-corrected chi connectivity index (χ2v) is 13.8. The van der Waals surface area contributed by atoms with Crippen LogP contribution in [0.2, 0.25) is 0 Å². The Morgan fingerprint density at radius 3 is 0.875 bits per heavy atom. The Hall–Kier alpha value is -4.23. The Morgan fingerprint density at radius 2 is 0.667 bits per heavy atom. The van der Waals surface area contributed by atoms with Crippen LogP contribution in [0.5, 0.6) is 0 Å². The van der Waals surface area contributed by atoms with E-state index in [0.717, 1.165) is 50.1 Å². The number of hydrogen-bond donors (Lipinski definition) is 0. The summed E-state index contributed by atoms with van der Waals surface area (Å²) in [7, 11) is 0. The molecular weight excluding hydrogens is 594 g/mol. The van der Waals surface area contributed by atoms with Crippen LogP contribution >= 0.6 is 0 Å². The van der Waals surface area contributed by atoms with Crippen molar-refractivity contribution >= 4 is 18.6 Å². The molecule has 6 unspecified atom stereocenters. The molecule has 0 aliphatic carbocycles. The summed E-state index contributed by atoms with van der Waals surface area (Å²) >= 11 is 0. The molecule has 0 N–H and O–H groups in total. The number of hydrogen-bond acceptors (Lipinski definition) is 6. The van der Waals surface area contributed by atoms with E-state index in [1.807, 2.05) is 18.6 Å². The molecule has 6 nitrogen and oxygen atoms in total. The second-order valence-electron chi connectivity index (χ2n) is 13.8. The third-order valence-corrected chi connectivity index (χ3v) is 9.36. The van der Waals surface area contributed by atoms with Crippen LogP contribution in [0.3, 0.4) is 0 Å². The summed E-state index contributed by atoms with van der Waals surface area (Å²) in [5.74, 6) is 0.662. The van der Waals surface area contributed by atoms with E-state index in [2.05, 4.69) is 114 Å². The summed E-state index contributed by atoms with van der Waals surface area (Å²) < 4.78 is 20.0. The van der Waals surface area contributed by atoms with Crippen LogP contribution in [0.25, 0.3) is 33.4 Å². The fraction of sp³-hybridized carbons (Fsp3) is 0.357. The minimum Gasteiger partial charge on any atom is -0.352 e. The molecule has 4 aromatic rings. The maximum absolute atomic E-state index is 6.67. The van der Waals surface area contributed by atoms with E-state index in [0.29, 0.717) is 19.8 Å². The van der Waals surface area contributed by atoms with Gasteiger partial charge in [-0.15, -0.1) is 0 Å². The van der Waals surface area contributed by atoms with Crippen LogP contribution in [0.1, 0.15) is 72.8 Å². The Kier molecular flexibility index (Phi) is 9.23. The smallest absolute Gasteiger partial charge is 0.174 e. The SMILES string of the molecule is Cc1ccc(-c2c(C3N=CC(C)CO3)c(-c3ccc(C)cc3)c(C3N=CC(C)CO3)c(-c3ccc(C)cc3)c2C2N=CC(C)CO2)cc1. The molecule has 3 aliphatic rings. The van der Waals surface area contributed by atoms with E-state index < -0.39 is 18.7 Å².